The average molecular weight is 290 g/mol. The van der Waals surface area contributed by atoms with E-state index in [9.17, 15) is 9.59 Å². The lowest BCUT2D eigenvalue weighted by atomic mass is 9.98. The van der Waals surface area contributed by atoms with Gasteiger partial charge in [0, 0.05) is 18.2 Å². The second kappa shape index (κ2) is 5.51. The number of aryl methyl sites for hydroxylation is 1. The number of nitrogens with zero attached hydrogens (tertiary/aromatic N) is 3. The van der Waals surface area contributed by atoms with Crippen LogP contribution in [0.3, 0.4) is 0 Å². The average Bonchev–Trinajstić information content (AvgIpc) is 2.77. The number of carboxylic acid groups (broad SMARTS) is 1. The molecule has 0 aliphatic carbocycles. The van der Waals surface area contributed by atoms with Gasteiger partial charge in [0.05, 0.1) is 5.56 Å². The van der Waals surface area contributed by atoms with Gasteiger partial charge in [-0.2, -0.15) is 0 Å². The van der Waals surface area contributed by atoms with Crippen molar-refractivity contribution in [2.24, 2.45) is 0 Å². The van der Waals surface area contributed by atoms with Crippen molar-refractivity contribution in [1.29, 1.82) is 0 Å². The second-order valence-electron chi connectivity index (χ2n) is 5.62. The number of pyridine rings is 1. The van der Waals surface area contributed by atoms with Gasteiger partial charge in [-0.25, -0.2) is 0 Å². The Labute approximate surface area is 122 Å². The third-order valence-electron chi connectivity index (χ3n) is 3.25. The summed E-state index contributed by atoms with van der Waals surface area (Å²) in [6.45, 7) is 5.41. The first kappa shape index (κ1) is 15.0. The zero-order valence-electron chi connectivity index (χ0n) is 12.3. The second-order valence-corrected chi connectivity index (χ2v) is 5.62. The first-order chi connectivity index (χ1) is 9.78. The van der Waals surface area contributed by atoms with Crippen LogP contribution in [0, 0.1) is 6.92 Å². The van der Waals surface area contributed by atoms with Gasteiger partial charge >= 0.3 is 5.97 Å². The highest BCUT2D eigenvalue weighted by molar-refractivity contribution is 5.94. The molecule has 2 rings (SSSR count). The summed E-state index contributed by atoms with van der Waals surface area (Å²) in [7, 11) is 0. The molecule has 7 nitrogen and oxygen atoms in total. The predicted octanol–water partition coefficient (Wildman–Crippen LogP) is 1.41. The lowest BCUT2D eigenvalue weighted by molar-refractivity contribution is -0.137. The molecule has 0 aromatic carbocycles. The van der Waals surface area contributed by atoms with Gasteiger partial charge in [-0.1, -0.05) is 0 Å². The fourth-order valence-electron chi connectivity index (χ4n) is 2.00. The fraction of sp³-hybridized carbons (Fsp3) is 0.429. The molecule has 0 spiro atoms. The van der Waals surface area contributed by atoms with Gasteiger partial charge in [-0.3, -0.25) is 14.0 Å². The van der Waals surface area contributed by atoms with Gasteiger partial charge in [-0.15, -0.1) is 10.2 Å². The normalized spacial score (nSPS) is 11.6. The number of carbonyl (C=O) groups excluding carboxylic acids is 1. The number of rotatable bonds is 5. The van der Waals surface area contributed by atoms with Crippen LogP contribution in [0.1, 0.15) is 42.9 Å². The van der Waals surface area contributed by atoms with E-state index in [0.717, 1.165) is 0 Å². The number of nitrogens with one attached hydrogen (secondary N) is 1. The van der Waals surface area contributed by atoms with Crippen molar-refractivity contribution >= 4 is 17.5 Å². The number of amides is 1. The first-order valence-corrected chi connectivity index (χ1v) is 6.64. The van der Waals surface area contributed by atoms with Crippen molar-refractivity contribution in [2.75, 3.05) is 0 Å². The third kappa shape index (κ3) is 3.56. The molecule has 0 aliphatic heterocycles. The molecule has 0 radical (unpaired) electrons. The van der Waals surface area contributed by atoms with E-state index in [-0.39, 0.29) is 12.3 Å². The van der Waals surface area contributed by atoms with E-state index in [1.54, 1.807) is 43.5 Å². The molecule has 21 heavy (non-hydrogen) atoms. The van der Waals surface area contributed by atoms with Crippen LogP contribution in [-0.2, 0) is 4.79 Å². The summed E-state index contributed by atoms with van der Waals surface area (Å²) in [4.78, 5) is 22.9. The summed E-state index contributed by atoms with van der Waals surface area (Å²) in [6.07, 6.45) is 2.05. The van der Waals surface area contributed by atoms with E-state index in [1.807, 2.05) is 0 Å². The Bertz CT molecular complexity index is 691. The predicted molar refractivity (Wildman–Crippen MR) is 76.1 cm³/mol. The number of carbonyl (C=O) groups is 2. The molecule has 2 N–H and O–H groups in total. The number of hydrogen-bond donors (Lipinski definition) is 2. The summed E-state index contributed by atoms with van der Waals surface area (Å²) in [5.74, 6) is -0.427. The Morgan fingerprint density at radius 1 is 1.33 bits per heavy atom. The van der Waals surface area contributed by atoms with Crippen LogP contribution in [0.4, 0.5) is 0 Å². The van der Waals surface area contributed by atoms with Crippen molar-refractivity contribution in [3.63, 3.8) is 0 Å². The Hall–Kier alpha value is -2.44. The van der Waals surface area contributed by atoms with Crippen LogP contribution in [-0.4, -0.2) is 37.1 Å². The van der Waals surface area contributed by atoms with Gasteiger partial charge in [0.25, 0.3) is 5.91 Å². The topological polar surface area (TPSA) is 96.6 Å². The van der Waals surface area contributed by atoms with E-state index < -0.39 is 11.5 Å². The Kier molecular flexibility index (Phi) is 3.93. The van der Waals surface area contributed by atoms with E-state index in [2.05, 4.69) is 15.5 Å². The molecule has 0 aliphatic rings. The van der Waals surface area contributed by atoms with Gasteiger partial charge in [-0.05, 0) is 39.3 Å². The standard InChI is InChI=1S/C14H18N4O3/c1-9-16-17-11-5-4-10(8-18(9)11)13(21)15-14(2,3)7-6-12(19)20/h4-5,8H,6-7H2,1-3H3,(H,15,21)(H,19,20). The number of fused-ring (bicyclic) bond motifs is 1. The zero-order chi connectivity index (χ0) is 15.6. The van der Waals surface area contributed by atoms with Gasteiger partial charge in [0.2, 0.25) is 0 Å². The van der Waals surface area contributed by atoms with Crippen LogP contribution in [0.5, 0.6) is 0 Å². The number of hydrogen-bond acceptors (Lipinski definition) is 4. The maximum Gasteiger partial charge on any atom is 0.303 e. The van der Waals surface area contributed by atoms with Crippen LogP contribution < -0.4 is 5.32 Å². The Balaban J connectivity index is 2.14. The molecule has 2 heterocycles. The number of aliphatic carboxylic acids is 1. The zero-order valence-corrected chi connectivity index (χ0v) is 12.3. The van der Waals surface area contributed by atoms with Gasteiger partial charge in [0.15, 0.2) is 5.65 Å². The van der Waals surface area contributed by atoms with Crippen molar-refractivity contribution in [2.45, 2.75) is 39.2 Å². The van der Waals surface area contributed by atoms with Crippen LogP contribution in [0.25, 0.3) is 5.65 Å². The molecule has 0 bridgehead atoms. The SMILES string of the molecule is Cc1nnc2ccc(C(=O)NC(C)(C)CCC(=O)O)cn12. The minimum absolute atomic E-state index is 0.0108. The largest absolute Gasteiger partial charge is 0.481 e. The number of aromatic nitrogens is 3. The molecule has 2 aromatic heterocycles. The van der Waals surface area contributed by atoms with Crippen LogP contribution in [0.15, 0.2) is 18.3 Å². The Morgan fingerprint density at radius 3 is 2.71 bits per heavy atom. The maximum absolute atomic E-state index is 12.3. The summed E-state index contributed by atoms with van der Waals surface area (Å²) in [5, 5.41) is 19.5. The molecule has 0 saturated heterocycles. The summed E-state index contributed by atoms with van der Waals surface area (Å²) < 4.78 is 1.74. The lowest BCUT2D eigenvalue weighted by Crippen LogP contribution is -2.43. The fourth-order valence-corrected chi connectivity index (χ4v) is 2.00. The molecule has 0 fully saturated rings. The molecule has 1 amide bonds. The molecule has 112 valence electrons. The number of carboxylic acids is 1. The summed E-state index contributed by atoms with van der Waals surface area (Å²) in [5.41, 5.74) is 0.565. The van der Waals surface area contributed by atoms with Crippen LogP contribution in [0.2, 0.25) is 0 Å². The molecule has 2 aromatic rings. The Morgan fingerprint density at radius 2 is 2.05 bits per heavy atom. The first-order valence-electron chi connectivity index (χ1n) is 6.64. The molecule has 0 unspecified atom stereocenters. The highest BCUT2D eigenvalue weighted by atomic mass is 16.4. The highest BCUT2D eigenvalue weighted by Gasteiger charge is 2.22. The van der Waals surface area contributed by atoms with Crippen molar-refractivity contribution < 1.29 is 14.7 Å². The van der Waals surface area contributed by atoms with Crippen molar-refractivity contribution in [3.05, 3.63) is 29.7 Å². The summed E-state index contributed by atoms with van der Waals surface area (Å²) in [6, 6.07) is 3.39. The molecule has 0 saturated carbocycles. The molecule has 7 heteroatoms. The lowest BCUT2D eigenvalue weighted by Gasteiger charge is -2.25. The highest BCUT2D eigenvalue weighted by Crippen LogP contribution is 2.13. The third-order valence-corrected chi connectivity index (χ3v) is 3.25. The van der Waals surface area contributed by atoms with E-state index in [0.29, 0.717) is 23.5 Å². The smallest absolute Gasteiger partial charge is 0.303 e. The van der Waals surface area contributed by atoms with E-state index in [1.165, 1.54) is 0 Å². The van der Waals surface area contributed by atoms with Crippen molar-refractivity contribution in [1.82, 2.24) is 19.9 Å². The van der Waals surface area contributed by atoms with Crippen LogP contribution >= 0.6 is 0 Å². The molecule has 0 atom stereocenters. The monoisotopic (exact) mass is 290 g/mol. The molecular formula is C14H18N4O3. The van der Waals surface area contributed by atoms with Gasteiger partial charge in [0.1, 0.15) is 5.82 Å². The minimum atomic E-state index is -0.876. The van der Waals surface area contributed by atoms with E-state index >= 15 is 0 Å². The van der Waals surface area contributed by atoms with E-state index in [4.69, 9.17) is 5.11 Å². The maximum atomic E-state index is 12.3. The quantitative estimate of drug-likeness (QED) is 0.868. The van der Waals surface area contributed by atoms with Gasteiger partial charge < -0.3 is 10.4 Å². The summed E-state index contributed by atoms with van der Waals surface area (Å²) >= 11 is 0. The molecular weight excluding hydrogens is 272 g/mol. The van der Waals surface area contributed by atoms with Crippen molar-refractivity contribution in [3.8, 4) is 0 Å². The minimum Gasteiger partial charge on any atom is -0.481 e.